The molecule has 0 aromatic rings. The molecule has 0 spiro atoms. The van der Waals surface area contributed by atoms with Crippen LogP contribution in [0.3, 0.4) is 0 Å². The van der Waals surface area contributed by atoms with Crippen LogP contribution in [0, 0.1) is 12.3 Å². The second kappa shape index (κ2) is 5.18. The summed E-state index contributed by atoms with van der Waals surface area (Å²) in [5.41, 5.74) is 0. The van der Waals surface area contributed by atoms with Crippen LogP contribution in [0.4, 0.5) is 0 Å². The summed E-state index contributed by atoms with van der Waals surface area (Å²) in [4.78, 5) is 2.45. The number of nitrogens with one attached hydrogen (secondary N) is 1. The highest BCUT2D eigenvalue weighted by atomic mass is 15.2. The molecule has 1 unspecified atom stereocenters. The molecule has 1 N–H and O–H groups in total. The van der Waals surface area contributed by atoms with Gasteiger partial charge in [0.05, 0.1) is 0 Å². The number of rotatable bonds is 3. The van der Waals surface area contributed by atoms with E-state index < -0.39 is 0 Å². The van der Waals surface area contributed by atoms with Crippen LogP contribution in [0.2, 0.25) is 0 Å². The monoisotopic (exact) mass is 166 g/mol. The van der Waals surface area contributed by atoms with Crippen LogP contribution >= 0.6 is 0 Å². The molecule has 1 atom stereocenters. The van der Waals surface area contributed by atoms with E-state index in [2.05, 4.69) is 23.1 Å². The van der Waals surface area contributed by atoms with Crippen LogP contribution in [-0.2, 0) is 0 Å². The Morgan fingerprint density at radius 2 is 2.50 bits per heavy atom. The normalized spacial score (nSPS) is 25.2. The Bertz CT molecular complexity index is 160. The molecule has 0 radical (unpaired) electrons. The van der Waals surface area contributed by atoms with Crippen molar-refractivity contribution < 1.29 is 0 Å². The standard InChI is InChI=1S/C10H18N2/c1-3-5-7-12-8-6-11-10(4-2)9-12/h1,10-11H,4-9H2,2H3. The van der Waals surface area contributed by atoms with Crippen molar-refractivity contribution in [2.45, 2.75) is 25.8 Å². The molecule has 2 heteroatoms. The number of nitrogens with zero attached hydrogens (tertiary/aromatic N) is 1. The van der Waals surface area contributed by atoms with Crippen LogP contribution < -0.4 is 5.32 Å². The summed E-state index contributed by atoms with van der Waals surface area (Å²) in [6.45, 7) is 6.72. The van der Waals surface area contributed by atoms with Gasteiger partial charge in [-0.3, -0.25) is 4.90 Å². The first-order valence-electron chi connectivity index (χ1n) is 4.76. The van der Waals surface area contributed by atoms with Crippen molar-refractivity contribution in [1.82, 2.24) is 10.2 Å². The zero-order valence-electron chi connectivity index (χ0n) is 7.84. The molecule has 1 rings (SSSR count). The Balaban J connectivity index is 2.22. The van der Waals surface area contributed by atoms with E-state index in [1.165, 1.54) is 6.42 Å². The predicted octanol–water partition coefficient (Wildman–Crippen LogP) is 0.694. The fourth-order valence-corrected chi connectivity index (χ4v) is 1.59. The zero-order chi connectivity index (χ0) is 8.81. The van der Waals surface area contributed by atoms with Gasteiger partial charge in [0.15, 0.2) is 0 Å². The molecule has 0 aromatic heterocycles. The Morgan fingerprint density at radius 1 is 1.67 bits per heavy atom. The lowest BCUT2D eigenvalue weighted by molar-refractivity contribution is 0.201. The first-order chi connectivity index (χ1) is 5.86. The number of piperazine rings is 1. The number of terminal acetylenes is 1. The molecule has 0 saturated carbocycles. The van der Waals surface area contributed by atoms with Crippen LogP contribution in [0.1, 0.15) is 19.8 Å². The summed E-state index contributed by atoms with van der Waals surface area (Å²) in [6, 6.07) is 0.677. The van der Waals surface area contributed by atoms with Gasteiger partial charge in [-0.15, -0.1) is 12.3 Å². The number of hydrogen-bond donors (Lipinski definition) is 1. The van der Waals surface area contributed by atoms with Gasteiger partial charge in [-0.05, 0) is 6.42 Å². The molecule has 12 heavy (non-hydrogen) atoms. The van der Waals surface area contributed by atoms with Crippen molar-refractivity contribution >= 4 is 0 Å². The molecule has 0 bridgehead atoms. The van der Waals surface area contributed by atoms with E-state index in [-0.39, 0.29) is 0 Å². The van der Waals surface area contributed by atoms with Crippen molar-refractivity contribution in [3.8, 4) is 12.3 Å². The maximum absolute atomic E-state index is 5.22. The Kier molecular flexibility index (Phi) is 4.13. The van der Waals surface area contributed by atoms with Gasteiger partial charge in [-0.25, -0.2) is 0 Å². The summed E-state index contributed by atoms with van der Waals surface area (Å²) in [5.74, 6) is 2.69. The predicted molar refractivity (Wildman–Crippen MR) is 52.0 cm³/mol. The lowest BCUT2D eigenvalue weighted by Crippen LogP contribution is -2.50. The van der Waals surface area contributed by atoms with Gasteiger partial charge >= 0.3 is 0 Å². The van der Waals surface area contributed by atoms with E-state index in [1.807, 2.05) is 0 Å². The second-order valence-electron chi connectivity index (χ2n) is 3.31. The molecule has 1 fully saturated rings. The molecule has 68 valence electrons. The maximum Gasteiger partial charge on any atom is 0.0214 e. The molecule has 0 aromatic carbocycles. The van der Waals surface area contributed by atoms with Gasteiger partial charge in [-0.2, -0.15) is 0 Å². The molecule has 1 saturated heterocycles. The van der Waals surface area contributed by atoms with E-state index in [0.717, 1.165) is 32.6 Å². The summed E-state index contributed by atoms with van der Waals surface area (Å²) in [6.07, 6.45) is 7.32. The molecule has 1 aliphatic rings. The third-order valence-electron chi connectivity index (χ3n) is 2.40. The molecule has 1 heterocycles. The first kappa shape index (κ1) is 9.57. The second-order valence-corrected chi connectivity index (χ2v) is 3.31. The highest BCUT2D eigenvalue weighted by Gasteiger charge is 2.16. The SMILES string of the molecule is C#CCCN1CCNC(CC)C1. The molecular weight excluding hydrogens is 148 g/mol. The van der Waals surface area contributed by atoms with Gasteiger partial charge in [0.25, 0.3) is 0 Å². The fourth-order valence-electron chi connectivity index (χ4n) is 1.59. The summed E-state index contributed by atoms with van der Waals surface area (Å²) >= 11 is 0. The summed E-state index contributed by atoms with van der Waals surface area (Å²) < 4.78 is 0. The van der Waals surface area contributed by atoms with Gasteiger partial charge in [0, 0.05) is 38.6 Å². The van der Waals surface area contributed by atoms with Crippen LogP contribution in [0.15, 0.2) is 0 Å². The van der Waals surface area contributed by atoms with E-state index in [0.29, 0.717) is 6.04 Å². The van der Waals surface area contributed by atoms with E-state index >= 15 is 0 Å². The first-order valence-corrected chi connectivity index (χ1v) is 4.76. The van der Waals surface area contributed by atoms with Crippen molar-refractivity contribution in [3.05, 3.63) is 0 Å². The average molecular weight is 166 g/mol. The van der Waals surface area contributed by atoms with Crippen molar-refractivity contribution in [2.75, 3.05) is 26.2 Å². The third-order valence-corrected chi connectivity index (χ3v) is 2.40. The zero-order valence-corrected chi connectivity index (χ0v) is 7.84. The Labute approximate surface area is 75.3 Å². The van der Waals surface area contributed by atoms with Gasteiger partial charge in [0.2, 0.25) is 0 Å². The van der Waals surface area contributed by atoms with Gasteiger partial charge in [-0.1, -0.05) is 6.92 Å². The Morgan fingerprint density at radius 3 is 3.17 bits per heavy atom. The molecule has 0 aliphatic carbocycles. The molecule has 0 amide bonds. The van der Waals surface area contributed by atoms with E-state index in [1.54, 1.807) is 0 Å². The highest BCUT2D eigenvalue weighted by molar-refractivity contribution is 4.86. The van der Waals surface area contributed by atoms with Crippen LogP contribution in [0.5, 0.6) is 0 Å². The van der Waals surface area contributed by atoms with Crippen molar-refractivity contribution in [1.29, 1.82) is 0 Å². The minimum atomic E-state index is 0.677. The molecular formula is C10H18N2. The quantitative estimate of drug-likeness (QED) is 0.621. The molecule has 1 aliphatic heterocycles. The smallest absolute Gasteiger partial charge is 0.0214 e. The van der Waals surface area contributed by atoms with Crippen LogP contribution in [0.25, 0.3) is 0 Å². The number of hydrogen-bond acceptors (Lipinski definition) is 2. The highest BCUT2D eigenvalue weighted by Crippen LogP contribution is 2.02. The third kappa shape index (κ3) is 2.84. The minimum Gasteiger partial charge on any atom is -0.311 e. The maximum atomic E-state index is 5.22. The van der Waals surface area contributed by atoms with Crippen molar-refractivity contribution in [2.24, 2.45) is 0 Å². The van der Waals surface area contributed by atoms with E-state index in [9.17, 15) is 0 Å². The summed E-state index contributed by atoms with van der Waals surface area (Å²) in [7, 11) is 0. The lowest BCUT2D eigenvalue weighted by Gasteiger charge is -2.32. The average Bonchev–Trinajstić information content (AvgIpc) is 2.15. The lowest BCUT2D eigenvalue weighted by atomic mass is 10.1. The van der Waals surface area contributed by atoms with Crippen LogP contribution in [-0.4, -0.2) is 37.1 Å². The minimum absolute atomic E-state index is 0.677. The van der Waals surface area contributed by atoms with Crippen molar-refractivity contribution in [3.63, 3.8) is 0 Å². The summed E-state index contributed by atoms with van der Waals surface area (Å²) in [5, 5.41) is 3.48. The van der Waals surface area contributed by atoms with E-state index in [4.69, 9.17) is 6.42 Å². The fraction of sp³-hybridized carbons (Fsp3) is 0.800. The van der Waals surface area contributed by atoms with Gasteiger partial charge < -0.3 is 5.32 Å². The molecule has 2 nitrogen and oxygen atoms in total. The van der Waals surface area contributed by atoms with Gasteiger partial charge in [0.1, 0.15) is 0 Å². The Hall–Kier alpha value is -0.520. The largest absolute Gasteiger partial charge is 0.311 e. The topological polar surface area (TPSA) is 15.3 Å².